The van der Waals surface area contributed by atoms with Gasteiger partial charge in [0.25, 0.3) is 5.91 Å². The second-order valence-electron chi connectivity index (χ2n) is 5.85. The SMILES string of the molecule is CC(NC(=O)c1ccoc1)C(=O)NCCc1cc(Cl)c2c(c1)OCCO2. The lowest BCUT2D eigenvalue weighted by atomic mass is 10.1. The van der Waals surface area contributed by atoms with E-state index in [0.29, 0.717) is 48.3 Å². The molecule has 0 bridgehead atoms. The zero-order chi connectivity index (χ0) is 18.5. The van der Waals surface area contributed by atoms with Crippen LogP contribution in [0.1, 0.15) is 22.8 Å². The zero-order valence-corrected chi connectivity index (χ0v) is 15.0. The lowest BCUT2D eigenvalue weighted by Gasteiger charge is -2.20. The van der Waals surface area contributed by atoms with Crippen LogP contribution >= 0.6 is 11.6 Å². The Morgan fingerprint density at radius 3 is 2.85 bits per heavy atom. The summed E-state index contributed by atoms with van der Waals surface area (Å²) in [6.45, 7) is 2.98. The van der Waals surface area contributed by atoms with Gasteiger partial charge in [-0.3, -0.25) is 9.59 Å². The summed E-state index contributed by atoms with van der Waals surface area (Å²) in [5.41, 5.74) is 1.30. The summed E-state index contributed by atoms with van der Waals surface area (Å²) in [5.74, 6) is 0.539. The molecule has 2 N–H and O–H groups in total. The molecule has 1 atom stereocenters. The van der Waals surface area contributed by atoms with E-state index in [2.05, 4.69) is 10.6 Å². The van der Waals surface area contributed by atoms with E-state index in [1.54, 1.807) is 13.0 Å². The van der Waals surface area contributed by atoms with Crippen molar-refractivity contribution >= 4 is 23.4 Å². The fourth-order valence-electron chi connectivity index (χ4n) is 2.53. The fourth-order valence-corrected chi connectivity index (χ4v) is 2.82. The molecule has 138 valence electrons. The van der Waals surface area contributed by atoms with Gasteiger partial charge in [0.15, 0.2) is 11.5 Å². The van der Waals surface area contributed by atoms with Gasteiger partial charge >= 0.3 is 0 Å². The van der Waals surface area contributed by atoms with Crippen LogP contribution in [0.4, 0.5) is 0 Å². The van der Waals surface area contributed by atoms with Crippen molar-refractivity contribution in [3.63, 3.8) is 0 Å². The van der Waals surface area contributed by atoms with Gasteiger partial charge in [-0.25, -0.2) is 0 Å². The van der Waals surface area contributed by atoms with E-state index in [-0.39, 0.29) is 11.8 Å². The number of carbonyl (C=O) groups is 2. The van der Waals surface area contributed by atoms with E-state index in [0.717, 1.165) is 5.56 Å². The molecular weight excluding hydrogens is 360 g/mol. The van der Waals surface area contributed by atoms with Crippen LogP contribution in [0, 0.1) is 0 Å². The summed E-state index contributed by atoms with van der Waals surface area (Å²) in [4.78, 5) is 24.0. The first-order chi connectivity index (χ1) is 12.5. The lowest BCUT2D eigenvalue weighted by molar-refractivity contribution is -0.122. The van der Waals surface area contributed by atoms with Gasteiger partial charge in [-0.2, -0.15) is 0 Å². The molecule has 1 unspecified atom stereocenters. The molecule has 3 rings (SSSR count). The van der Waals surface area contributed by atoms with Gasteiger partial charge in [-0.15, -0.1) is 0 Å². The predicted octanol–water partition coefficient (Wildman–Crippen LogP) is 2.18. The normalized spacial score (nSPS) is 13.8. The Labute approximate surface area is 155 Å². The molecule has 0 saturated carbocycles. The fraction of sp³-hybridized carbons (Fsp3) is 0.333. The summed E-state index contributed by atoms with van der Waals surface area (Å²) < 4.78 is 15.9. The number of hydrogen-bond acceptors (Lipinski definition) is 5. The predicted molar refractivity (Wildman–Crippen MR) is 94.8 cm³/mol. The van der Waals surface area contributed by atoms with Gasteiger partial charge in [-0.05, 0) is 37.1 Å². The van der Waals surface area contributed by atoms with Crippen molar-refractivity contribution in [3.05, 3.63) is 46.9 Å². The van der Waals surface area contributed by atoms with Crippen LogP contribution in [0.2, 0.25) is 5.02 Å². The largest absolute Gasteiger partial charge is 0.486 e. The van der Waals surface area contributed by atoms with Gasteiger partial charge in [0.05, 0.1) is 16.8 Å². The van der Waals surface area contributed by atoms with Gasteiger partial charge in [0.1, 0.15) is 25.5 Å². The summed E-state index contributed by atoms with van der Waals surface area (Å²) in [7, 11) is 0. The van der Waals surface area contributed by atoms with Gasteiger partial charge in [-0.1, -0.05) is 11.6 Å². The maximum absolute atomic E-state index is 12.1. The lowest BCUT2D eigenvalue weighted by Crippen LogP contribution is -2.45. The minimum Gasteiger partial charge on any atom is -0.486 e. The van der Waals surface area contributed by atoms with Crippen molar-refractivity contribution in [3.8, 4) is 11.5 Å². The summed E-state index contributed by atoms with van der Waals surface area (Å²) in [6.07, 6.45) is 3.30. The van der Waals surface area contributed by atoms with Crippen molar-refractivity contribution in [1.82, 2.24) is 10.6 Å². The minimum absolute atomic E-state index is 0.273. The third kappa shape index (κ3) is 4.29. The van der Waals surface area contributed by atoms with E-state index in [4.69, 9.17) is 25.5 Å². The molecule has 8 heteroatoms. The van der Waals surface area contributed by atoms with Crippen molar-refractivity contribution in [2.45, 2.75) is 19.4 Å². The molecular formula is C18H19ClN2O5. The van der Waals surface area contributed by atoms with E-state index >= 15 is 0 Å². The van der Waals surface area contributed by atoms with Crippen LogP contribution in [-0.2, 0) is 11.2 Å². The molecule has 7 nitrogen and oxygen atoms in total. The number of halogens is 1. The average Bonchev–Trinajstić information content (AvgIpc) is 3.16. The van der Waals surface area contributed by atoms with Crippen LogP contribution in [-0.4, -0.2) is 37.6 Å². The van der Waals surface area contributed by atoms with Gasteiger partial charge < -0.3 is 24.5 Å². The average molecular weight is 379 g/mol. The molecule has 0 saturated heterocycles. The van der Waals surface area contributed by atoms with Crippen molar-refractivity contribution in [2.24, 2.45) is 0 Å². The van der Waals surface area contributed by atoms with Gasteiger partial charge in [0.2, 0.25) is 5.91 Å². The molecule has 0 spiro atoms. The molecule has 1 aromatic carbocycles. The van der Waals surface area contributed by atoms with E-state index in [9.17, 15) is 9.59 Å². The van der Waals surface area contributed by atoms with Gasteiger partial charge in [0, 0.05) is 6.54 Å². The highest BCUT2D eigenvalue weighted by Gasteiger charge is 2.18. The maximum Gasteiger partial charge on any atom is 0.255 e. The summed E-state index contributed by atoms with van der Waals surface area (Å²) in [6, 6.07) is 4.52. The summed E-state index contributed by atoms with van der Waals surface area (Å²) in [5, 5.41) is 5.89. The molecule has 26 heavy (non-hydrogen) atoms. The first-order valence-electron chi connectivity index (χ1n) is 8.23. The van der Waals surface area contributed by atoms with E-state index < -0.39 is 6.04 Å². The topological polar surface area (TPSA) is 89.8 Å². The second-order valence-corrected chi connectivity index (χ2v) is 6.26. The number of carbonyl (C=O) groups excluding carboxylic acids is 2. The van der Waals surface area contributed by atoms with Crippen LogP contribution in [0.25, 0.3) is 0 Å². The molecule has 1 aliphatic rings. The Morgan fingerprint density at radius 1 is 1.27 bits per heavy atom. The maximum atomic E-state index is 12.1. The second kappa shape index (κ2) is 8.14. The summed E-state index contributed by atoms with van der Waals surface area (Å²) >= 11 is 6.20. The third-order valence-corrected chi connectivity index (χ3v) is 4.17. The molecule has 2 aromatic rings. The number of nitrogens with one attached hydrogen (secondary N) is 2. The first kappa shape index (κ1) is 18.1. The number of furan rings is 1. The number of rotatable bonds is 6. The third-order valence-electron chi connectivity index (χ3n) is 3.89. The molecule has 1 aromatic heterocycles. The minimum atomic E-state index is -0.666. The standard InChI is InChI=1S/C18H19ClN2O5/c1-11(21-18(23)13-3-5-24-10-13)17(22)20-4-2-12-8-14(19)16-15(9-12)25-6-7-26-16/h3,5,8-11H,2,4,6-7H2,1H3,(H,20,22)(H,21,23). The number of hydrogen-bond donors (Lipinski definition) is 2. The van der Waals surface area contributed by atoms with Crippen molar-refractivity contribution in [2.75, 3.05) is 19.8 Å². The monoisotopic (exact) mass is 378 g/mol. The molecule has 0 aliphatic carbocycles. The highest BCUT2D eigenvalue weighted by Crippen LogP contribution is 2.38. The Balaban J connectivity index is 1.49. The Morgan fingerprint density at radius 2 is 2.08 bits per heavy atom. The van der Waals surface area contributed by atoms with Crippen LogP contribution in [0.5, 0.6) is 11.5 Å². The molecule has 2 amide bonds. The zero-order valence-electron chi connectivity index (χ0n) is 14.2. The van der Waals surface area contributed by atoms with E-state index in [1.807, 2.05) is 6.07 Å². The number of fused-ring (bicyclic) bond motifs is 1. The quantitative estimate of drug-likeness (QED) is 0.804. The number of ether oxygens (including phenoxy) is 2. The molecule has 0 fully saturated rings. The van der Waals surface area contributed by atoms with Crippen molar-refractivity contribution in [1.29, 1.82) is 0 Å². The first-order valence-corrected chi connectivity index (χ1v) is 8.61. The Hall–Kier alpha value is -2.67. The van der Waals surface area contributed by atoms with Crippen LogP contribution < -0.4 is 20.1 Å². The number of amides is 2. The molecule has 0 radical (unpaired) electrons. The highest BCUT2D eigenvalue weighted by atomic mass is 35.5. The highest BCUT2D eigenvalue weighted by molar-refractivity contribution is 6.32. The van der Waals surface area contributed by atoms with Crippen LogP contribution in [0.3, 0.4) is 0 Å². The molecule has 2 heterocycles. The smallest absolute Gasteiger partial charge is 0.255 e. The number of benzene rings is 1. The Bertz CT molecular complexity index is 791. The molecule has 1 aliphatic heterocycles. The van der Waals surface area contributed by atoms with Crippen LogP contribution in [0.15, 0.2) is 35.1 Å². The van der Waals surface area contributed by atoms with E-state index in [1.165, 1.54) is 18.6 Å². The van der Waals surface area contributed by atoms with Crippen molar-refractivity contribution < 1.29 is 23.5 Å². The Kier molecular flexibility index (Phi) is 5.68.